The first-order valence-corrected chi connectivity index (χ1v) is 11.7. The quantitative estimate of drug-likeness (QED) is 0.378. The van der Waals surface area contributed by atoms with Crippen LogP contribution in [-0.2, 0) is 12.7 Å². The molecule has 0 atom stereocenters. The molecule has 2 heterocycles. The van der Waals surface area contributed by atoms with Crippen molar-refractivity contribution < 1.29 is 17.9 Å². The molecule has 5 rings (SSSR count). The zero-order valence-corrected chi connectivity index (χ0v) is 19.8. The fraction of sp³-hybridized carbons (Fsp3) is 0.259. The second kappa shape index (κ2) is 10.0. The smallest absolute Gasteiger partial charge is 0.416 e. The lowest BCUT2D eigenvalue weighted by Gasteiger charge is -2.31. The number of nitrogens with zero attached hydrogens (tertiary/aromatic N) is 3. The van der Waals surface area contributed by atoms with Crippen LogP contribution in [-0.4, -0.2) is 43.3 Å². The third kappa shape index (κ3) is 5.21. The maximum atomic E-state index is 13.0. The van der Waals surface area contributed by atoms with Crippen molar-refractivity contribution in [2.45, 2.75) is 12.7 Å². The van der Waals surface area contributed by atoms with E-state index in [1.807, 2.05) is 18.2 Å². The molecule has 1 aliphatic rings. The molecular weight excluding hydrogens is 467 g/mol. The summed E-state index contributed by atoms with van der Waals surface area (Å²) in [4.78, 5) is 11.3. The fourth-order valence-corrected chi connectivity index (χ4v) is 4.40. The number of fused-ring (bicyclic) bond motifs is 1. The number of aromatic nitrogens is 2. The Kier molecular flexibility index (Phi) is 6.65. The molecule has 1 aromatic heterocycles. The summed E-state index contributed by atoms with van der Waals surface area (Å²) in [6.07, 6.45) is -2.73. The topological polar surface area (TPSA) is 62.3 Å². The summed E-state index contributed by atoms with van der Waals surface area (Å²) >= 11 is 0. The molecule has 0 aliphatic carbocycles. The lowest BCUT2D eigenvalue weighted by molar-refractivity contribution is -0.137. The van der Waals surface area contributed by atoms with Gasteiger partial charge in [-0.05, 0) is 53.4 Å². The van der Waals surface area contributed by atoms with Crippen LogP contribution in [0.1, 0.15) is 11.1 Å². The van der Waals surface area contributed by atoms with E-state index in [1.54, 1.807) is 19.4 Å². The molecule has 0 amide bonds. The van der Waals surface area contributed by atoms with Gasteiger partial charge in [0.05, 0.1) is 18.4 Å². The van der Waals surface area contributed by atoms with E-state index in [4.69, 9.17) is 4.74 Å². The normalized spacial score (nSPS) is 14.2. The molecule has 186 valence electrons. The molecule has 2 N–H and O–H groups in total. The number of hydrogen-bond donors (Lipinski definition) is 2. The Labute approximate surface area is 207 Å². The predicted molar refractivity (Wildman–Crippen MR) is 135 cm³/mol. The minimum absolute atomic E-state index is 0.177. The van der Waals surface area contributed by atoms with E-state index in [1.165, 1.54) is 6.07 Å². The number of methoxy groups -OCH3 is 1. The zero-order chi connectivity index (χ0) is 25.1. The van der Waals surface area contributed by atoms with Gasteiger partial charge in [-0.1, -0.05) is 18.2 Å². The van der Waals surface area contributed by atoms with Crippen LogP contribution in [0.15, 0.2) is 66.9 Å². The summed E-state index contributed by atoms with van der Waals surface area (Å²) in [6.45, 7) is 3.78. The van der Waals surface area contributed by atoms with Gasteiger partial charge in [-0.3, -0.25) is 0 Å². The highest BCUT2D eigenvalue weighted by Gasteiger charge is 2.30. The lowest BCUT2D eigenvalue weighted by Crippen LogP contribution is -2.43. The molecule has 1 saturated heterocycles. The molecule has 3 aromatic carbocycles. The molecule has 6 nitrogen and oxygen atoms in total. The minimum atomic E-state index is -4.38. The number of alkyl halides is 3. The number of anilines is 2. The molecule has 0 radical (unpaired) electrons. The standard InChI is InChI=1S/C27H26F3N5O/c1-36-22-6-5-19-14-20(15-25(23(19)16-22)35-11-9-31-10-12-35)24-7-8-32-26(34-24)33-17-18-3-2-4-21(13-18)27(28,29)30/h2-8,13-16,31H,9-12,17H2,1H3,(H,32,33,34). The summed E-state index contributed by atoms with van der Waals surface area (Å²) in [5, 5.41) is 8.62. The molecule has 9 heteroatoms. The third-order valence-corrected chi connectivity index (χ3v) is 6.25. The lowest BCUT2D eigenvalue weighted by atomic mass is 10.0. The zero-order valence-electron chi connectivity index (χ0n) is 19.8. The fourth-order valence-electron chi connectivity index (χ4n) is 4.40. The van der Waals surface area contributed by atoms with Gasteiger partial charge in [-0.25, -0.2) is 9.97 Å². The highest BCUT2D eigenvalue weighted by atomic mass is 19.4. The third-order valence-electron chi connectivity index (χ3n) is 6.25. The molecule has 4 aromatic rings. The highest BCUT2D eigenvalue weighted by molar-refractivity contribution is 5.98. The Bertz CT molecular complexity index is 1370. The Morgan fingerprint density at radius 1 is 1.03 bits per heavy atom. The summed E-state index contributed by atoms with van der Waals surface area (Å²) in [6, 6.07) is 17.3. The van der Waals surface area contributed by atoms with Crippen molar-refractivity contribution in [2.24, 2.45) is 0 Å². The maximum Gasteiger partial charge on any atom is 0.416 e. The van der Waals surface area contributed by atoms with Crippen LogP contribution in [0.3, 0.4) is 0 Å². The number of piperazine rings is 1. The van der Waals surface area contributed by atoms with Crippen LogP contribution < -0.4 is 20.3 Å². The minimum Gasteiger partial charge on any atom is -0.497 e. The Morgan fingerprint density at radius 3 is 2.64 bits per heavy atom. The van der Waals surface area contributed by atoms with Crippen molar-refractivity contribution in [3.63, 3.8) is 0 Å². The van der Waals surface area contributed by atoms with E-state index in [2.05, 4.69) is 43.7 Å². The van der Waals surface area contributed by atoms with Gasteiger partial charge in [0, 0.05) is 55.6 Å². The predicted octanol–water partition coefficient (Wildman–Crippen LogP) is 5.35. The summed E-state index contributed by atoms with van der Waals surface area (Å²) in [7, 11) is 1.66. The Morgan fingerprint density at radius 2 is 1.86 bits per heavy atom. The van der Waals surface area contributed by atoms with E-state index in [9.17, 15) is 13.2 Å². The van der Waals surface area contributed by atoms with Crippen LogP contribution >= 0.6 is 0 Å². The van der Waals surface area contributed by atoms with E-state index in [-0.39, 0.29) is 6.54 Å². The van der Waals surface area contributed by atoms with Gasteiger partial charge >= 0.3 is 6.18 Å². The van der Waals surface area contributed by atoms with E-state index in [0.717, 1.165) is 71.8 Å². The number of benzene rings is 3. The van der Waals surface area contributed by atoms with Crippen LogP contribution in [0.4, 0.5) is 24.8 Å². The summed E-state index contributed by atoms with van der Waals surface area (Å²) in [5.74, 6) is 1.15. The van der Waals surface area contributed by atoms with Crippen LogP contribution in [0.2, 0.25) is 0 Å². The molecule has 1 fully saturated rings. The monoisotopic (exact) mass is 493 g/mol. The van der Waals surface area contributed by atoms with Gasteiger partial charge in [0.2, 0.25) is 5.95 Å². The second-order valence-corrected chi connectivity index (χ2v) is 8.64. The number of halogens is 3. The van der Waals surface area contributed by atoms with Crippen molar-refractivity contribution in [2.75, 3.05) is 43.5 Å². The molecule has 1 aliphatic heterocycles. The Balaban J connectivity index is 1.45. The first-order valence-electron chi connectivity index (χ1n) is 11.7. The highest BCUT2D eigenvalue weighted by Crippen LogP contribution is 2.35. The van der Waals surface area contributed by atoms with E-state index in [0.29, 0.717) is 11.5 Å². The van der Waals surface area contributed by atoms with Crippen molar-refractivity contribution in [3.05, 3.63) is 78.0 Å². The SMILES string of the molecule is COc1ccc2cc(-c3ccnc(NCc4cccc(C(F)(F)F)c4)n3)cc(N3CCNCC3)c2c1. The average molecular weight is 494 g/mol. The largest absolute Gasteiger partial charge is 0.497 e. The number of nitrogens with one attached hydrogen (secondary N) is 2. The summed E-state index contributed by atoms with van der Waals surface area (Å²) < 4.78 is 44.6. The van der Waals surface area contributed by atoms with Crippen molar-refractivity contribution in [3.8, 4) is 17.0 Å². The molecule has 0 saturated carbocycles. The van der Waals surface area contributed by atoms with Crippen LogP contribution in [0.25, 0.3) is 22.0 Å². The average Bonchev–Trinajstić information content (AvgIpc) is 2.91. The molecule has 0 bridgehead atoms. The Hall–Kier alpha value is -3.85. The summed E-state index contributed by atoms with van der Waals surface area (Å²) in [5.41, 5.74) is 2.60. The second-order valence-electron chi connectivity index (χ2n) is 8.64. The molecule has 0 spiro atoms. The molecular formula is C27H26F3N5O. The van der Waals surface area contributed by atoms with Gasteiger partial charge in [0.15, 0.2) is 0 Å². The van der Waals surface area contributed by atoms with Gasteiger partial charge in [-0.2, -0.15) is 13.2 Å². The first-order chi connectivity index (χ1) is 17.4. The van der Waals surface area contributed by atoms with Crippen LogP contribution in [0, 0.1) is 0 Å². The van der Waals surface area contributed by atoms with Gasteiger partial charge < -0.3 is 20.3 Å². The van der Waals surface area contributed by atoms with Crippen LogP contribution in [0.5, 0.6) is 5.75 Å². The van der Waals surface area contributed by atoms with E-state index >= 15 is 0 Å². The number of rotatable bonds is 6. The number of hydrogen-bond acceptors (Lipinski definition) is 6. The number of ether oxygens (including phenoxy) is 1. The van der Waals surface area contributed by atoms with Crippen molar-refractivity contribution >= 4 is 22.4 Å². The van der Waals surface area contributed by atoms with Gasteiger partial charge in [0.1, 0.15) is 5.75 Å². The van der Waals surface area contributed by atoms with Crippen molar-refractivity contribution in [1.29, 1.82) is 0 Å². The van der Waals surface area contributed by atoms with E-state index < -0.39 is 11.7 Å². The maximum absolute atomic E-state index is 13.0. The molecule has 36 heavy (non-hydrogen) atoms. The van der Waals surface area contributed by atoms with Gasteiger partial charge in [-0.15, -0.1) is 0 Å². The van der Waals surface area contributed by atoms with Crippen molar-refractivity contribution in [1.82, 2.24) is 15.3 Å². The van der Waals surface area contributed by atoms with Gasteiger partial charge in [0.25, 0.3) is 0 Å². The molecule has 0 unspecified atom stereocenters. The first kappa shape index (κ1) is 23.9.